The van der Waals surface area contributed by atoms with Gasteiger partial charge in [0.2, 0.25) is 0 Å². The molecule has 1 rings (SSSR count). The van der Waals surface area contributed by atoms with Gasteiger partial charge in [-0.05, 0) is 6.42 Å². The first-order chi connectivity index (χ1) is 7.22. The van der Waals surface area contributed by atoms with Gasteiger partial charge in [0, 0.05) is 0 Å². The van der Waals surface area contributed by atoms with Crippen molar-refractivity contribution in [1.29, 1.82) is 0 Å². The summed E-state index contributed by atoms with van der Waals surface area (Å²) in [6.45, 7) is 0. The Kier molecular flexibility index (Phi) is 4.44. The number of nitrogens with two attached hydrogens (primary N) is 2. The molecule has 1 fully saturated rings. The van der Waals surface area contributed by atoms with Gasteiger partial charge < -0.3 is 36.2 Å². The van der Waals surface area contributed by atoms with Crippen LogP contribution in [-0.4, -0.2) is 56.7 Å². The average Bonchev–Trinajstić information content (AvgIpc) is 2.17. The zero-order valence-electron chi connectivity index (χ0n) is 8.51. The van der Waals surface area contributed by atoms with Gasteiger partial charge in [-0.1, -0.05) is 0 Å². The van der Waals surface area contributed by atoms with Gasteiger partial charge in [0.25, 0.3) is 0 Å². The van der Waals surface area contributed by atoms with Crippen molar-refractivity contribution in [3.8, 4) is 0 Å². The van der Waals surface area contributed by atoms with Crippen molar-refractivity contribution in [1.82, 2.24) is 0 Å². The van der Waals surface area contributed by atoms with Gasteiger partial charge in [0.15, 0.2) is 0 Å². The lowest BCUT2D eigenvalue weighted by Gasteiger charge is -2.39. The fourth-order valence-corrected chi connectivity index (χ4v) is 2.14. The van der Waals surface area contributed by atoms with E-state index in [0.717, 1.165) is 0 Å². The van der Waals surface area contributed by atoms with Crippen molar-refractivity contribution < 1.29 is 29.3 Å². The molecular weight excluding hydrogens is 239 g/mol. The quantitative estimate of drug-likeness (QED) is 0.297. The smallest absolute Gasteiger partial charge is 0.325 e. The Hall–Kier alpha value is -0.0500. The van der Waals surface area contributed by atoms with E-state index in [1.54, 1.807) is 0 Å². The normalized spacial score (nSPS) is 41.0. The molecular formula is C7H17N2O6P. The molecule has 8 nitrogen and oxygen atoms in total. The maximum absolute atomic E-state index is 10.6. The van der Waals surface area contributed by atoms with Crippen LogP contribution in [0, 0.1) is 0 Å². The fraction of sp³-hybridized carbons (Fsp3) is 1.00. The van der Waals surface area contributed by atoms with E-state index in [4.69, 9.17) is 26.0 Å². The highest BCUT2D eigenvalue weighted by Gasteiger charge is 2.41. The van der Waals surface area contributed by atoms with E-state index in [-0.39, 0.29) is 6.42 Å². The molecule has 0 radical (unpaired) electrons. The molecule has 0 aromatic carbocycles. The second-order valence-corrected chi connectivity index (χ2v) is 5.65. The van der Waals surface area contributed by atoms with Gasteiger partial charge in [0.1, 0.15) is 18.4 Å². The van der Waals surface area contributed by atoms with Gasteiger partial charge in [0.05, 0.1) is 18.3 Å². The van der Waals surface area contributed by atoms with E-state index < -0.39 is 44.3 Å². The summed E-state index contributed by atoms with van der Waals surface area (Å²) in [5.74, 6) is 0. The first-order valence-corrected chi connectivity index (χ1v) is 6.59. The van der Waals surface area contributed by atoms with E-state index in [2.05, 4.69) is 0 Å². The number of ether oxygens (including phenoxy) is 1. The first-order valence-electron chi connectivity index (χ1n) is 4.79. The van der Waals surface area contributed by atoms with Crippen LogP contribution in [0.4, 0.5) is 0 Å². The maximum atomic E-state index is 10.6. The molecule has 1 saturated heterocycles. The minimum Gasteiger partial charge on any atom is -0.389 e. The van der Waals surface area contributed by atoms with Crippen LogP contribution < -0.4 is 11.5 Å². The molecule has 0 aromatic rings. The Morgan fingerprint density at radius 1 is 1.19 bits per heavy atom. The molecule has 96 valence electrons. The van der Waals surface area contributed by atoms with Crippen LogP contribution in [0.3, 0.4) is 0 Å². The maximum Gasteiger partial charge on any atom is 0.325 e. The average molecular weight is 256 g/mol. The Morgan fingerprint density at radius 3 is 2.25 bits per heavy atom. The predicted molar refractivity (Wildman–Crippen MR) is 54.4 cm³/mol. The minimum absolute atomic E-state index is 0.0943. The third-order valence-corrected chi connectivity index (χ3v) is 3.38. The standard InChI is InChI=1S/C7H17N2O6P/c8-4-6(11)5(10)3(15-7(4)9)1-2-16(12,13)14/h3-7,10-11H,1-2,8-9H2,(H2,12,13,14)/t3-,4+,5-,6-,7?/m1/s1. The molecule has 1 aliphatic rings. The molecule has 0 aliphatic carbocycles. The highest BCUT2D eigenvalue weighted by atomic mass is 31.2. The summed E-state index contributed by atoms with van der Waals surface area (Å²) in [5, 5.41) is 19.0. The molecule has 0 saturated carbocycles. The van der Waals surface area contributed by atoms with Crippen molar-refractivity contribution in [2.24, 2.45) is 11.5 Å². The fourth-order valence-electron chi connectivity index (χ4n) is 1.55. The van der Waals surface area contributed by atoms with Gasteiger partial charge in [-0.25, -0.2) is 0 Å². The summed E-state index contributed by atoms with van der Waals surface area (Å²) in [7, 11) is -4.16. The van der Waals surface area contributed by atoms with Crippen LogP contribution in [-0.2, 0) is 9.30 Å². The van der Waals surface area contributed by atoms with Gasteiger partial charge in [-0.15, -0.1) is 0 Å². The molecule has 0 spiro atoms. The second kappa shape index (κ2) is 5.07. The Bertz CT molecular complexity index is 284. The van der Waals surface area contributed by atoms with Crippen molar-refractivity contribution in [2.75, 3.05) is 6.16 Å². The van der Waals surface area contributed by atoms with E-state index in [9.17, 15) is 14.8 Å². The van der Waals surface area contributed by atoms with Crippen LogP contribution in [0.25, 0.3) is 0 Å². The number of rotatable bonds is 3. The highest BCUT2D eigenvalue weighted by molar-refractivity contribution is 7.51. The topological polar surface area (TPSA) is 159 Å². The van der Waals surface area contributed by atoms with Crippen LogP contribution in [0.15, 0.2) is 0 Å². The molecule has 8 N–H and O–H groups in total. The third-order valence-electron chi connectivity index (χ3n) is 2.54. The van der Waals surface area contributed by atoms with Crippen LogP contribution in [0.5, 0.6) is 0 Å². The lowest BCUT2D eigenvalue weighted by atomic mass is 9.95. The lowest BCUT2D eigenvalue weighted by molar-refractivity contribution is -0.176. The van der Waals surface area contributed by atoms with E-state index in [0.29, 0.717) is 0 Å². The van der Waals surface area contributed by atoms with Crippen molar-refractivity contribution in [3.63, 3.8) is 0 Å². The van der Waals surface area contributed by atoms with Gasteiger partial charge in [-0.2, -0.15) is 0 Å². The Morgan fingerprint density at radius 2 is 1.75 bits per heavy atom. The largest absolute Gasteiger partial charge is 0.389 e. The molecule has 0 aromatic heterocycles. The lowest BCUT2D eigenvalue weighted by Crippen LogP contribution is -2.63. The van der Waals surface area contributed by atoms with Crippen LogP contribution >= 0.6 is 7.60 Å². The summed E-state index contributed by atoms with van der Waals surface area (Å²) in [5.41, 5.74) is 10.9. The monoisotopic (exact) mass is 256 g/mol. The number of hydrogen-bond donors (Lipinski definition) is 6. The Labute approximate surface area is 92.4 Å². The zero-order valence-corrected chi connectivity index (χ0v) is 9.40. The molecule has 0 amide bonds. The summed E-state index contributed by atoms with van der Waals surface area (Å²) in [6.07, 6.45) is -4.96. The molecule has 9 heteroatoms. The highest BCUT2D eigenvalue weighted by Crippen LogP contribution is 2.36. The van der Waals surface area contributed by atoms with Gasteiger partial charge >= 0.3 is 7.60 Å². The molecule has 1 aliphatic heterocycles. The summed E-state index contributed by atoms with van der Waals surface area (Å²) in [6, 6.07) is -0.915. The molecule has 1 heterocycles. The summed E-state index contributed by atoms with van der Waals surface area (Å²) >= 11 is 0. The minimum atomic E-state index is -4.16. The van der Waals surface area contributed by atoms with E-state index in [1.807, 2.05) is 0 Å². The van der Waals surface area contributed by atoms with Crippen LogP contribution in [0.1, 0.15) is 6.42 Å². The van der Waals surface area contributed by atoms with E-state index in [1.165, 1.54) is 0 Å². The summed E-state index contributed by atoms with van der Waals surface area (Å²) in [4.78, 5) is 17.3. The first kappa shape index (κ1) is 14.0. The molecule has 1 unspecified atom stereocenters. The SMILES string of the molecule is NC1O[C@H](CCP(=O)(O)O)[C@@H](O)[C@H](O)[C@@H]1N. The number of aliphatic hydroxyl groups excluding tert-OH is 2. The van der Waals surface area contributed by atoms with Crippen LogP contribution in [0.2, 0.25) is 0 Å². The number of hydrogen-bond acceptors (Lipinski definition) is 6. The zero-order chi connectivity index (χ0) is 12.5. The number of aliphatic hydroxyl groups is 2. The summed E-state index contributed by atoms with van der Waals surface area (Å²) < 4.78 is 15.7. The third kappa shape index (κ3) is 3.47. The second-order valence-electron chi connectivity index (χ2n) is 3.87. The van der Waals surface area contributed by atoms with Crippen molar-refractivity contribution in [2.45, 2.75) is 37.0 Å². The van der Waals surface area contributed by atoms with Crippen molar-refractivity contribution >= 4 is 7.60 Å². The Balaban J connectivity index is 2.57. The van der Waals surface area contributed by atoms with Crippen molar-refractivity contribution in [3.05, 3.63) is 0 Å². The molecule has 5 atom stereocenters. The molecule has 0 bridgehead atoms. The predicted octanol–water partition coefficient (Wildman–Crippen LogP) is -2.71. The van der Waals surface area contributed by atoms with Gasteiger partial charge in [-0.3, -0.25) is 4.57 Å². The van der Waals surface area contributed by atoms with E-state index >= 15 is 0 Å². The molecule has 16 heavy (non-hydrogen) atoms.